The predicted molar refractivity (Wildman–Crippen MR) is 107 cm³/mol. The molecule has 0 aliphatic carbocycles. The molecule has 1 atom stereocenters. The van der Waals surface area contributed by atoms with Crippen LogP contribution in [0.25, 0.3) is 6.08 Å². The maximum Gasteiger partial charge on any atom is 0.331 e. The molecule has 1 aliphatic heterocycles. The minimum atomic E-state index is -0.941. The zero-order valence-electron chi connectivity index (χ0n) is 15.5. The Hall–Kier alpha value is -2.99. The van der Waals surface area contributed by atoms with Crippen LogP contribution in [0.3, 0.4) is 0 Å². The number of carbonyl (C=O) groups excluding carboxylic acids is 2. The SMILES string of the molecule is CCc1ccc(NC(=O)[C@@H](C)OC(=O)/C=C\c2cc(Cl)c3c(c2)OCO3)cc1. The van der Waals surface area contributed by atoms with Crippen molar-refractivity contribution in [3.05, 3.63) is 58.6 Å². The van der Waals surface area contributed by atoms with Gasteiger partial charge < -0.3 is 19.5 Å². The predicted octanol–water partition coefficient (Wildman–Crippen LogP) is 4.21. The number of hydrogen-bond donors (Lipinski definition) is 1. The fraction of sp³-hybridized carbons (Fsp3) is 0.238. The second-order valence-electron chi connectivity index (χ2n) is 6.19. The third-order valence-electron chi connectivity index (χ3n) is 4.15. The van der Waals surface area contributed by atoms with Crippen LogP contribution in [0.15, 0.2) is 42.5 Å². The highest BCUT2D eigenvalue weighted by molar-refractivity contribution is 6.32. The van der Waals surface area contributed by atoms with E-state index in [0.717, 1.165) is 6.42 Å². The minimum absolute atomic E-state index is 0.109. The molecule has 2 aromatic carbocycles. The molecule has 2 aromatic rings. The zero-order valence-corrected chi connectivity index (χ0v) is 16.3. The smallest absolute Gasteiger partial charge is 0.331 e. The minimum Gasteiger partial charge on any atom is -0.454 e. The molecule has 6 nitrogen and oxygen atoms in total. The van der Waals surface area contributed by atoms with E-state index in [1.54, 1.807) is 12.1 Å². The lowest BCUT2D eigenvalue weighted by Gasteiger charge is -2.12. The number of ether oxygens (including phenoxy) is 3. The van der Waals surface area contributed by atoms with Gasteiger partial charge in [-0.1, -0.05) is 30.7 Å². The number of fused-ring (bicyclic) bond motifs is 1. The lowest BCUT2D eigenvalue weighted by Crippen LogP contribution is -2.29. The van der Waals surface area contributed by atoms with Crippen molar-refractivity contribution >= 4 is 35.2 Å². The van der Waals surface area contributed by atoms with Crippen molar-refractivity contribution in [3.63, 3.8) is 0 Å². The zero-order chi connectivity index (χ0) is 20.1. The fourth-order valence-corrected chi connectivity index (χ4v) is 2.86. The van der Waals surface area contributed by atoms with Crippen molar-refractivity contribution in [1.29, 1.82) is 0 Å². The van der Waals surface area contributed by atoms with Crippen LogP contribution >= 0.6 is 11.6 Å². The highest BCUT2D eigenvalue weighted by Crippen LogP contribution is 2.40. The summed E-state index contributed by atoms with van der Waals surface area (Å²) in [6.45, 7) is 3.68. The van der Waals surface area contributed by atoms with E-state index in [9.17, 15) is 9.59 Å². The lowest BCUT2D eigenvalue weighted by atomic mass is 10.1. The second kappa shape index (κ2) is 8.80. The second-order valence-corrected chi connectivity index (χ2v) is 6.60. The Morgan fingerprint density at radius 3 is 2.71 bits per heavy atom. The van der Waals surface area contributed by atoms with E-state index in [4.69, 9.17) is 25.8 Å². The number of carbonyl (C=O) groups is 2. The molecule has 7 heteroatoms. The summed E-state index contributed by atoms with van der Waals surface area (Å²) in [7, 11) is 0. The number of benzene rings is 2. The fourth-order valence-electron chi connectivity index (χ4n) is 2.58. The summed E-state index contributed by atoms with van der Waals surface area (Å²) in [6.07, 6.45) is 2.74. The van der Waals surface area contributed by atoms with Gasteiger partial charge in [-0.25, -0.2) is 4.79 Å². The van der Waals surface area contributed by atoms with Gasteiger partial charge in [-0.2, -0.15) is 0 Å². The number of halogens is 1. The number of hydrogen-bond acceptors (Lipinski definition) is 5. The monoisotopic (exact) mass is 401 g/mol. The van der Waals surface area contributed by atoms with Gasteiger partial charge in [0.15, 0.2) is 17.6 Å². The summed E-state index contributed by atoms with van der Waals surface area (Å²) in [5.74, 6) is -0.0455. The van der Waals surface area contributed by atoms with E-state index >= 15 is 0 Å². The summed E-state index contributed by atoms with van der Waals surface area (Å²) in [4.78, 5) is 24.2. The molecule has 0 radical (unpaired) electrons. The van der Waals surface area contributed by atoms with E-state index in [1.807, 2.05) is 24.3 Å². The molecular formula is C21H20ClNO5. The maximum absolute atomic E-state index is 12.2. The Morgan fingerprint density at radius 1 is 1.25 bits per heavy atom. The summed E-state index contributed by atoms with van der Waals surface area (Å²) >= 11 is 6.10. The van der Waals surface area contributed by atoms with Gasteiger partial charge in [-0.05, 0) is 54.8 Å². The summed E-state index contributed by atoms with van der Waals surface area (Å²) in [5, 5.41) is 3.11. The van der Waals surface area contributed by atoms with Gasteiger partial charge >= 0.3 is 5.97 Å². The largest absolute Gasteiger partial charge is 0.454 e. The van der Waals surface area contributed by atoms with Crippen molar-refractivity contribution < 1.29 is 23.8 Å². The van der Waals surface area contributed by atoms with Gasteiger partial charge in [0.2, 0.25) is 6.79 Å². The quantitative estimate of drug-likeness (QED) is 0.579. The van der Waals surface area contributed by atoms with Crippen LogP contribution in [0, 0.1) is 0 Å². The topological polar surface area (TPSA) is 73.9 Å². The number of aryl methyl sites for hydroxylation is 1. The van der Waals surface area contributed by atoms with Crippen LogP contribution in [-0.4, -0.2) is 24.8 Å². The van der Waals surface area contributed by atoms with Crippen LogP contribution in [0.4, 0.5) is 5.69 Å². The number of rotatable bonds is 6. The molecule has 28 heavy (non-hydrogen) atoms. The van der Waals surface area contributed by atoms with Gasteiger partial charge in [-0.3, -0.25) is 4.79 Å². The molecule has 0 unspecified atom stereocenters. The molecule has 0 aromatic heterocycles. The summed E-state index contributed by atoms with van der Waals surface area (Å²) < 4.78 is 15.7. The van der Waals surface area contributed by atoms with Crippen LogP contribution in [0.5, 0.6) is 11.5 Å². The van der Waals surface area contributed by atoms with Gasteiger partial charge in [0, 0.05) is 11.8 Å². The average Bonchev–Trinajstić information content (AvgIpc) is 3.16. The molecule has 0 saturated carbocycles. The Labute approximate surface area is 168 Å². The number of nitrogens with one attached hydrogen (secondary N) is 1. The van der Waals surface area contributed by atoms with Crippen molar-refractivity contribution in [2.24, 2.45) is 0 Å². The molecule has 1 aliphatic rings. The highest BCUT2D eigenvalue weighted by atomic mass is 35.5. The number of amides is 1. The lowest BCUT2D eigenvalue weighted by molar-refractivity contribution is -0.148. The van der Waals surface area contributed by atoms with Crippen molar-refractivity contribution in [1.82, 2.24) is 0 Å². The molecule has 0 spiro atoms. The Kier molecular flexibility index (Phi) is 6.21. The molecule has 0 fully saturated rings. The first kappa shape index (κ1) is 19.8. The van der Waals surface area contributed by atoms with Gasteiger partial charge in [0.1, 0.15) is 0 Å². The van der Waals surface area contributed by atoms with E-state index in [-0.39, 0.29) is 6.79 Å². The first-order chi connectivity index (χ1) is 13.5. The van der Waals surface area contributed by atoms with Gasteiger partial charge in [-0.15, -0.1) is 0 Å². The molecule has 1 N–H and O–H groups in total. The Bertz CT molecular complexity index is 908. The van der Waals surface area contributed by atoms with Crippen LogP contribution in [0.2, 0.25) is 5.02 Å². The van der Waals surface area contributed by atoms with E-state index in [0.29, 0.717) is 27.8 Å². The van der Waals surface area contributed by atoms with Crippen LogP contribution in [0.1, 0.15) is 25.0 Å². The molecule has 146 valence electrons. The highest BCUT2D eigenvalue weighted by Gasteiger charge is 2.19. The average molecular weight is 402 g/mol. The van der Waals surface area contributed by atoms with Crippen LogP contribution < -0.4 is 14.8 Å². The van der Waals surface area contributed by atoms with Crippen molar-refractivity contribution in [2.75, 3.05) is 12.1 Å². The number of anilines is 1. The van der Waals surface area contributed by atoms with Crippen molar-refractivity contribution in [3.8, 4) is 11.5 Å². The number of esters is 1. The third kappa shape index (κ3) is 4.84. The third-order valence-corrected chi connectivity index (χ3v) is 4.43. The first-order valence-electron chi connectivity index (χ1n) is 8.84. The Morgan fingerprint density at radius 2 is 2.00 bits per heavy atom. The molecule has 1 amide bonds. The first-order valence-corrected chi connectivity index (χ1v) is 9.21. The van der Waals surface area contributed by atoms with E-state index < -0.39 is 18.0 Å². The maximum atomic E-state index is 12.2. The Balaban J connectivity index is 1.55. The molecule has 0 saturated heterocycles. The normalized spacial score (nSPS) is 13.4. The van der Waals surface area contributed by atoms with Gasteiger partial charge in [0.25, 0.3) is 5.91 Å². The standard InChI is InChI=1S/C21H20ClNO5/c1-3-14-4-7-16(8-5-14)23-21(25)13(2)28-19(24)9-6-15-10-17(22)20-18(11-15)26-12-27-20/h4-11,13H,3,12H2,1-2H3,(H,23,25)/b9-6-/t13-/m1/s1. The molecule has 1 heterocycles. The molecule has 0 bridgehead atoms. The van der Waals surface area contributed by atoms with E-state index in [2.05, 4.69) is 12.2 Å². The summed E-state index contributed by atoms with van der Waals surface area (Å²) in [5.41, 5.74) is 2.47. The van der Waals surface area contributed by atoms with E-state index in [1.165, 1.54) is 24.6 Å². The van der Waals surface area contributed by atoms with Gasteiger partial charge in [0.05, 0.1) is 5.02 Å². The molecule has 3 rings (SSSR count). The van der Waals surface area contributed by atoms with Crippen LogP contribution in [-0.2, 0) is 20.7 Å². The summed E-state index contributed by atoms with van der Waals surface area (Å²) in [6, 6.07) is 10.9. The molecular weight excluding hydrogens is 382 g/mol. The van der Waals surface area contributed by atoms with Crippen molar-refractivity contribution in [2.45, 2.75) is 26.4 Å².